The summed E-state index contributed by atoms with van der Waals surface area (Å²) in [7, 11) is 0. The molecule has 34 heavy (non-hydrogen) atoms. The van der Waals surface area contributed by atoms with Crippen molar-refractivity contribution in [2.45, 2.75) is 40.2 Å². The van der Waals surface area contributed by atoms with Crippen LogP contribution in [0, 0.1) is 12.8 Å². The first kappa shape index (κ1) is 23.2. The average molecular weight is 466 g/mol. The van der Waals surface area contributed by atoms with Crippen LogP contribution in [0.4, 0.5) is 11.5 Å². The summed E-state index contributed by atoms with van der Waals surface area (Å²) in [4.78, 5) is 47.6. The number of aromatic nitrogens is 2. The minimum Gasteiger partial charge on any atom is -0.462 e. The number of carbonyl (C=O) groups excluding carboxylic acids is 3. The molecule has 0 saturated carbocycles. The van der Waals surface area contributed by atoms with Crippen molar-refractivity contribution < 1.29 is 28.3 Å². The minimum atomic E-state index is -0.597. The van der Waals surface area contributed by atoms with Crippen LogP contribution in [-0.4, -0.2) is 41.0 Å². The lowest BCUT2D eigenvalue weighted by Crippen LogP contribution is -2.27. The number of aryl methyl sites for hydroxylation is 2. The van der Waals surface area contributed by atoms with Gasteiger partial charge in [0, 0.05) is 18.7 Å². The Morgan fingerprint density at radius 2 is 1.97 bits per heavy atom. The van der Waals surface area contributed by atoms with Crippen molar-refractivity contribution in [1.82, 2.24) is 9.97 Å². The summed E-state index contributed by atoms with van der Waals surface area (Å²) in [5.74, 6) is -1.36. The third-order valence-electron chi connectivity index (χ3n) is 5.75. The number of esters is 2. The van der Waals surface area contributed by atoms with Crippen molar-refractivity contribution in [1.29, 1.82) is 0 Å². The SMILES string of the molecule is CCOC(=O)c1c(C)oc2nc(COC(=O)[C@@H]3CC(=O)N(c4ccccc4CC)C3)nc(N)c12. The highest BCUT2D eigenvalue weighted by Crippen LogP contribution is 2.30. The number of nitrogen functional groups attached to an aromatic ring is 1. The molecule has 1 saturated heterocycles. The molecule has 4 rings (SSSR count). The van der Waals surface area contributed by atoms with Gasteiger partial charge in [-0.25, -0.2) is 9.78 Å². The fraction of sp³-hybridized carbons (Fsp3) is 0.375. The highest BCUT2D eigenvalue weighted by molar-refractivity contribution is 6.07. The Hall–Kier alpha value is -3.95. The number of benzene rings is 1. The monoisotopic (exact) mass is 466 g/mol. The van der Waals surface area contributed by atoms with E-state index in [1.807, 2.05) is 31.2 Å². The number of nitrogens with two attached hydrogens (primary N) is 1. The molecular weight excluding hydrogens is 440 g/mol. The fourth-order valence-corrected chi connectivity index (χ4v) is 4.12. The predicted octanol–water partition coefficient (Wildman–Crippen LogP) is 2.95. The van der Waals surface area contributed by atoms with Gasteiger partial charge in [0.25, 0.3) is 0 Å². The van der Waals surface area contributed by atoms with E-state index in [1.165, 1.54) is 0 Å². The van der Waals surface area contributed by atoms with E-state index in [4.69, 9.17) is 19.6 Å². The van der Waals surface area contributed by atoms with Crippen molar-refractivity contribution in [3.63, 3.8) is 0 Å². The molecule has 1 aliphatic heterocycles. The van der Waals surface area contributed by atoms with E-state index in [0.29, 0.717) is 5.76 Å². The van der Waals surface area contributed by atoms with Crippen LogP contribution in [-0.2, 0) is 32.1 Å². The first-order chi connectivity index (χ1) is 16.3. The lowest BCUT2D eigenvalue weighted by molar-refractivity contribution is -0.149. The highest BCUT2D eigenvalue weighted by Gasteiger charge is 2.37. The van der Waals surface area contributed by atoms with E-state index >= 15 is 0 Å². The number of anilines is 2. The van der Waals surface area contributed by atoms with Gasteiger partial charge in [-0.15, -0.1) is 0 Å². The molecule has 1 fully saturated rings. The Morgan fingerprint density at radius 1 is 1.21 bits per heavy atom. The van der Waals surface area contributed by atoms with Crippen molar-refractivity contribution >= 4 is 40.5 Å². The summed E-state index contributed by atoms with van der Waals surface area (Å²) in [6, 6.07) is 7.64. The average Bonchev–Trinajstić information content (AvgIpc) is 3.37. The van der Waals surface area contributed by atoms with E-state index in [0.717, 1.165) is 17.7 Å². The van der Waals surface area contributed by atoms with E-state index in [1.54, 1.807) is 18.7 Å². The van der Waals surface area contributed by atoms with Gasteiger partial charge in [-0.3, -0.25) is 9.59 Å². The summed E-state index contributed by atoms with van der Waals surface area (Å²) in [5, 5.41) is 0.262. The van der Waals surface area contributed by atoms with Crippen LogP contribution < -0.4 is 10.6 Å². The van der Waals surface area contributed by atoms with Gasteiger partial charge in [0.05, 0.1) is 17.9 Å². The fourth-order valence-electron chi connectivity index (χ4n) is 4.12. The Bertz CT molecular complexity index is 1270. The number of para-hydroxylation sites is 1. The molecule has 3 aromatic rings. The van der Waals surface area contributed by atoms with Crippen LogP contribution in [0.5, 0.6) is 0 Å². The van der Waals surface area contributed by atoms with Crippen LogP contribution in [0.2, 0.25) is 0 Å². The Kier molecular flexibility index (Phi) is 6.49. The molecule has 178 valence electrons. The van der Waals surface area contributed by atoms with Crippen molar-refractivity contribution in [2.24, 2.45) is 5.92 Å². The van der Waals surface area contributed by atoms with Gasteiger partial charge in [0.1, 0.15) is 17.1 Å². The number of fused-ring (bicyclic) bond motifs is 1. The summed E-state index contributed by atoms with van der Waals surface area (Å²) in [6.45, 7) is 5.52. The number of rotatable bonds is 7. The predicted molar refractivity (Wildman–Crippen MR) is 123 cm³/mol. The molecule has 3 heterocycles. The van der Waals surface area contributed by atoms with Crippen LogP contribution in [0.3, 0.4) is 0 Å². The molecule has 0 unspecified atom stereocenters. The van der Waals surface area contributed by atoms with E-state index in [-0.39, 0.29) is 60.4 Å². The van der Waals surface area contributed by atoms with Crippen molar-refractivity contribution in [3.05, 3.63) is 47.0 Å². The van der Waals surface area contributed by atoms with Crippen LogP contribution in [0.25, 0.3) is 11.1 Å². The number of ether oxygens (including phenoxy) is 2. The zero-order valence-corrected chi connectivity index (χ0v) is 19.3. The van der Waals surface area contributed by atoms with Crippen molar-refractivity contribution in [3.8, 4) is 0 Å². The maximum atomic E-state index is 12.7. The molecule has 1 aromatic carbocycles. The number of furan rings is 1. The molecule has 10 heteroatoms. The first-order valence-electron chi connectivity index (χ1n) is 11.1. The summed E-state index contributed by atoms with van der Waals surface area (Å²) in [6.07, 6.45) is 0.847. The summed E-state index contributed by atoms with van der Waals surface area (Å²) in [5.41, 5.74) is 8.19. The molecule has 1 amide bonds. The molecule has 2 aromatic heterocycles. The van der Waals surface area contributed by atoms with Gasteiger partial charge in [0.2, 0.25) is 11.6 Å². The zero-order valence-electron chi connectivity index (χ0n) is 19.3. The lowest BCUT2D eigenvalue weighted by atomic mass is 10.1. The molecule has 0 radical (unpaired) electrons. The molecule has 0 bridgehead atoms. The molecule has 0 spiro atoms. The van der Waals surface area contributed by atoms with E-state index < -0.39 is 17.9 Å². The van der Waals surface area contributed by atoms with Gasteiger partial charge in [-0.1, -0.05) is 25.1 Å². The van der Waals surface area contributed by atoms with Crippen LogP contribution >= 0.6 is 0 Å². The molecule has 10 nitrogen and oxygen atoms in total. The maximum absolute atomic E-state index is 12.7. The number of amides is 1. The van der Waals surface area contributed by atoms with Gasteiger partial charge in [0.15, 0.2) is 12.4 Å². The van der Waals surface area contributed by atoms with Gasteiger partial charge in [-0.05, 0) is 31.9 Å². The molecule has 1 aliphatic rings. The van der Waals surface area contributed by atoms with Crippen LogP contribution in [0.15, 0.2) is 28.7 Å². The molecule has 2 N–H and O–H groups in total. The quantitative estimate of drug-likeness (QED) is 0.521. The Labute approximate surface area is 196 Å². The standard InChI is InChI=1S/C24H26N4O6/c1-4-14-8-6-7-9-16(14)28-11-15(10-18(28)29)23(30)33-12-17-26-21(25)20-19(24(31)32-5-2)13(3)34-22(20)27-17/h6-9,15H,4-5,10-12H2,1-3H3,(H2,25,26,27)/t15-/m1/s1. The topological polar surface area (TPSA) is 138 Å². The van der Waals surface area contributed by atoms with E-state index in [9.17, 15) is 14.4 Å². The second-order valence-corrected chi connectivity index (χ2v) is 7.95. The lowest BCUT2D eigenvalue weighted by Gasteiger charge is -2.19. The van der Waals surface area contributed by atoms with Crippen molar-refractivity contribution in [2.75, 3.05) is 23.8 Å². The third-order valence-corrected chi connectivity index (χ3v) is 5.75. The largest absolute Gasteiger partial charge is 0.462 e. The second-order valence-electron chi connectivity index (χ2n) is 7.95. The molecule has 0 aliphatic carbocycles. The number of nitrogens with zero attached hydrogens (tertiary/aromatic N) is 3. The highest BCUT2D eigenvalue weighted by atomic mass is 16.5. The second kappa shape index (κ2) is 9.50. The van der Waals surface area contributed by atoms with Gasteiger partial charge < -0.3 is 24.5 Å². The van der Waals surface area contributed by atoms with Gasteiger partial charge in [-0.2, -0.15) is 4.98 Å². The minimum absolute atomic E-state index is 0.0225. The molecular formula is C24H26N4O6. The Balaban J connectivity index is 1.46. The Morgan fingerprint density at radius 3 is 2.71 bits per heavy atom. The smallest absolute Gasteiger partial charge is 0.342 e. The maximum Gasteiger partial charge on any atom is 0.342 e. The zero-order chi connectivity index (χ0) is 24.4. The number of carbonyl (C=O) groups is 3. The van der Waals surface area contributed by atoms with E-state index in [2.05, 4.69) is 9.97 Å². The van der Waals surface area contributed by atoms with Gasteiger partial charge >= 0.3 is 11.9 Å². The van der Waals surface area contributed by atoms with Crippen LogP contribution in [0.1, 0.15) is 47.8 Å². The summed E-state index contributed by atoms with van der Waals surface area (Å²) >= 11 is 0. The number of hydrogen-bond donors (Lipinski definition) is 1. The summed E-state index contributed by atoms with van der Waals surface area (Å²) < 4.78 is 16.0. The third kappa shape index (κ3) is 4.30. The first-order valence-corrected chi connectivity index (χ1v) is 11.1. The number of hydrogen-bond acceptors (Lipinski definition) is 9. The normalized spacial score (nSPS) is 15.7. The molecule has 1 atom stereocenters.